The monoisotopic (exact) mass is 267 g/mol. The van der Waals surface area contributed by atoms with Gasteiger partial charge in [0, 0.05) is 5.54 Å². The number of nitrogens with two attached hydrogens (primary N) is 1. The van der Waals surface area contributed by atoms with Gasteiger partial charge < -0.3 is 5.73 Å². The molecule has 1 heteroatoms. The molecular weight excluding hydrogens is 242 g/mol. The van der Waals surface area contributed by atoms with Crippen molar-refractivity contribution in [2.75, 3.05) is 0 Å². The van der Waals surface area contributed by atoms with Crippen molar-refractivity contribution in [1.82, 2.24) is 0 Å². The van der Waals surface area contributed by atoms with E-state index in [2.05, 4.69) is 69.3 Å². The van der Waals surface area contributed by atoms with E-state index in [1.54, 1.807) is 0 Å². The van der Waals surface area contributed by atoms with Crippen molar-refractivity contribution in [3.05, 3.63) is 70.8 Å². The van der Waals surface area contributed by atoms with Crippen LogP contribution in [0.3, 0.4) is 0 Å². The first kappa shape index (κ1) is 14.8. The quantitative estimate of drug-likeness (QED) is 0.848. The van der Waals surface area contributed by atoms with E-state index in [-0.39, 0.29) is 5.54 Å². The lowest BCUT2D eigenvalue weighted by Gasteiger charge is -2.26. The van der Waals surface area contributed by atoms with E-state index in [1.807, 2.05) is 0 Å². The summed E-state index contributed by atoms with van der Waals surface area (Å²) < 4.78 is 0. The van der Waals surface area contributed by atoms with Crippen molar-refractivity contribution in [2.24, 2.45) is 5.73 Å². The first-order valence-electron chi connectivity index (χ1n) is 7.39. The second-order valence-electron chi connectivity index (χ2n) is 6.06. The molecule has 2 aromatic rings. The van der Waals surface area contributed by atoms with Gasteiger partial charge in [0.05, 0.1) is 0 Å². The molecule has 0 saturated carbocycles. The zero-order chi connectivity index (χ0) is 14.6. The smallest absolute Gasteiger partial charge is 0.0381 e. The zero-order valence-electron chi connectivity index (χ0n) is 12.8. The van der Waals surface area contributed by atoms with Crippen LogP contribution in [-0.4, -0.2) is 0 Å². The lowest BCUT2D eigenvalue weighted by molar-refractivity contribution is 0.436. The average Bonchev–Trinajstić information content (AvgIpc) is 2.43. The van der Waals surface area contributed by atoms with Crippen LogP contribution >= 0.6 is 0 Å². The van der Waals surface area contributed by atoms with Crippen LogP contribution in [0.2, 0.25) is 0 Å². The third kappa shape index (κ3) is 3.71. The van der Waals surface area contributed by atoms with Gasteiger partial charge >= 0.3 is 0 Å². The van der Waals surface area contributed by atoms with E-state index in [0.717, 1.165) is 19.3 Å². The normalized spacial score (nSPS) is 14.0. The zero-order valence-corrected chi connectivity index (χ0v) is 12.8. The molecule has 0 aromatic heterocycles. The fraction of sp³-hybridized carbons (Fsp3) is 0.368. The molecule has 2 N–H and O–H groups in total. The summed E-state index contributed by atoms with van der Waals surface area (Å²) in [5.41, 5.74) is 11.6. The highest BCUT2D eigenvalue weighted by Crippen LogP contribution is 2.25. The van der Waals surface area contributed by atoms with E-state index >= 15 is 0 Å². The van der Waals surface area contributed by atoms with Gasteiger partial charge in [0.15, 0.2) is 0 Å². The maximum atomic E-state index is 6.52. The maximum absolute atomic E-state index is 6.52. The molecule has 0 bridgehead atoms. The SMILES string of the molecule is Cc1ccc(C(C)(N)CCCc2ccccc2)cc1C. The molecule has 1 unspecified atom stereocenters. The van der Waals surface area contributed by atoms with Crippen LogP contribution in [0.4, 0.5) is 0 Å². The highest BCUT2D eigenvalue weighted by atomic mass is 14.7. The van der Waals surface area contributed by atoms with E-state index in [0.29, 0.717) is 0 Å². The fourth-order valence-electron chi connectivity index (χ4n) is 2.55. The molecule has 0 saturated heterocycles. The molecule has 0 fully saturated rings. The van der Waals surface area contributed by atoms with E-state index in [9.17, 15) is 0 Å². The van der Waals surface area contributed by atoms with Crippen LogP contribution in [-0.2, 0) is 12.0 Å². The van der Waals surface area contributed by atoms with Crippen LogP contribution in [0.15, 0.2) is 48.5 Å². The average molecular weight is 267 g/mol. The molecule has 20 heavy (non-hydrogen) atoms. The lowest BCUT2D eigenvalue weighted by atomic mass is 9.86. The molecule has 0 aliphatic rings. The van der Waals surface area contributed by atoms with Gasteiger partial charge in [-0.1, -0.05) is 48.5 Å². The Labute approximate surface area is 122 Å². The first-order chi connectivity index (χ1) is 9.49. The molecule has 0 aliphatic carbocycles. The summed E-state index contributed by atoms with van der Waals surface area (Å²) >= 11 is 0. The van der Waals surface area contributed by atoms with E-state index in [4.69, 9.17) is 5.73 Å². The Morgan fingerprint density at radius 2 is 1.65 bits per heavy atom. The molecule has 2 aromatic carbocycles. The maximum Gasteiger partial charge on any atom is 0.0381 e. The van der Waals surface area contributed by atoms with Gasteiger partial charge in [-0.25, -0.2) is 0 Å². The summed E-state index contributed by atoms with van der Waals surface area (Å²) in [6.45, 7) is 6.43. The van der Waals surface area contributed by atoms with Crippen LogP contribution < -0.4 is 5.73 Å². The molecular formula is C19H25N. The Morgan fingerprint density at radius 3 is 2.30 bits per heavy atom. The third-order valence-corrected chi connectivity index (χ3v) is 4.17. The fourth-order valence-corrected chi connectivity index (χ4v) is 2.55. The molecule has 1 atom stereocenters. The van der Waals surface area contributed by atoms with Crippen molar-refractivity contribution >= 4 is 0 Å². The van der Waals surface area contributed by atoms with Gasteiger partial charge in [0.2, 0.25) is 0 Å². The van der Waals surface area contributed by atoms with Crippen molar-refractivity contribution in [3.8, 4) is 0 Å². The van der Waals surface area contributed by atoms with Crippen LogP contribution in [0.25, 0.3) is 0 Å². The van der Waals surface area contributed by atoms with Gasteiger partial charge in [-0.05, 0) is 62.3 Å². The third-order valence-electron chi connectivity index (χ3n) is 4.17. The van der Waals surface area contributed by atoms with Crippen molar-refractivity contribution in [2.45, 2.75) is 45.6 Å². The van der Waals surface area contributed by atoms with Gasteiger partial charge in [-0.2, -0.15) is 0 Å². The summed E-state index contributed by atoms with van der Waals surface area (Å²) in [7, 11) is 0. The van der Waals surface area contributed by atoms with Crippen molar-refractivity contribution < 1.29 is 0 Å². The summed E-state index contributed by atoms with van der Waals surface area (Å²) in [6.07, 6.45) is 3.22. The molecule has 0 aliphatic heterocycles. The topological polar surface area (TPSA) is 26.0 Å². The van der Waals surface area contributed by atoms with Crippen molar-refractivity contribution in [1.29, 1.82) is 0 Å². The minimum absolute atomic E-state index is 0.243. The molecule has 0 radical (unpaired) electrons. The number of rotatable bonds is 5. The predicted molar refractivity (Wildman–Crippen MR) is 86.8 cm³/mol. The highest BCUT2D eigenvalue weighted by molar-refractivity contribution is 5.33. The summed E-state index contributed by atoms with van der Waals surface area (Å²) in [5, 5.41) is 0. The van der Waals surface area contributed by atoms with E-state index < -0.39 is 0 Å². The lowest BCUT2D eigenvalue weighted by Crippen LogP contribution is -2.33. The van der Waals surface area contributed by atoms with Crippen LogP contribution in [0, 0.1) is 13.8 Å². The number of hydrogen-bond donors (Lipinski definition) is 1. The Morgan fingerprint density at radius 1 is 0.950 bits per heavy atom. The minimum Gasteiger partial charge on any atom is -0.322 e. The van der Waals surface area contributed by atoms with Crippen LogP contribution in [0.5, 0.6) is 0 Å². The summed E-state index contributed by atoms with van der Waals surface area (Å²) in [6, 6.07) is 17.2. The Kier molecular flexibility index (Phi) is 4.61. The van der Waals surface area contributed by atoms with Crippen molar-refractivity contribution in [3.63, 3.8) is 0 Å². The van der Waals surface area contributed by atoms with Gasteiger partial charge in [-0.3, -0.25) is 0 Å². The molecule has 0 heterocycles. The molecule has 0 amide bonds. The number of aryl methyl sites for hydroxylation is 3. The molecule has 0 spiro atoms. The Bertz CT molecular complexity index is 555. The molecule has 2 rings (SSSR count). The summed E-state index contributed by atoms with van der Waals surface area (Å²) in [5.74, 6) is 0. The van der Waals surface area contributed by atoms with Crippen LogP contribution in [0.1, 0.15) is 42.0 Å². The largest absolute Gasteiger partial charge is 0.322 e. The van der Waals surface area contributed by atoms with Gasteiger partial charge in [-0.15, -0.1) is 0 Å². The number of hydrogen-bond acceptors (Lipinski definition) is 1. The highest BCUT2D eigenvalue weighted by Gasteiger charge is 2.20. The first-order valence-corrected chi connectivity index (χ1v) is 7.39. The minimum atomic E-state index is -0.243. The summed E-state index contributed by atoms with van der Waals surface area (Å²) in [4.78, 5) is 0. The Balaban J connectivity index is 1.98. The molecule has 1 nitrogen and oxygen atoms in total. The van der Waals surface area contributed by atoms with E-state index in [1.165, 1.54) is 22.3 Å². The standard InChI is InChI=1S/C19H25N/c1-15-11-12-18(14-16(15)2)19(3,20)13-7-10-17-8-5-4-6-9-17/h4-6,8-9,11-12,14H,7,10,13,20H2,1-3H3. The predicted octanol–water partition coefficient (Wildman–Crippen LogP) is 4.50. The number of benzene rings is 2. The van der Waals surface area contributed by atoms with Gasteiger partial charge in [0.1, 0.15) is 0 Å². The van der Waals surface area contributed by atoms with Gasteiger partial charge in [0.25, 0.3) is 0 Å². The Hall–Kier alpha value is -1.60. The second-order valence-corrected chi connectivity index (χ2v) is 6.06. The second kappa shape index (κ2) is 6.23. The molecule has 106 valence electrons.